The number of carbonyl (C=O) groups excluding carboxylic acids is 2. The van der Waals surface area contributed by atoms with Crippen molar-refractivity contribution in [2.75, 3.05) is 18.9 Å². The highest BCUT2D eigenvalue weighted by Crippen LogP contribution is 2.24. The van der Waals surface area contributed by atoms with Crippen molar-refractivity contribution in [2.24, 2.45) is 5.92 Å². The Kier molecular flexibility index (Phi) is 4.26. The molecule has 2 aromatic heterocycles. The molecule has 2 amide bonds. The van der Waals surface area contributed by atoms with Crippen molar-refractivity contribution in [2.45, 2.75) is 32.1 Å². The summed E-state index contributed by atoms with van der Waals surface area (Å²) in [5, 5.41) is 7.58. The van der Waals surface area contributed by atoms with Gasteiger partial charge in [0.05, 0.1) is 29.2 Å². The molecular weight excluding hydrogens is 368 g/mol. The van der Waals surface area contributed by atoms with Crippen LogP contribution in [0.4, 0.5) is 5.69 Å². The molecule has 1 atom stereocenters. The number of fused-ring (bicyclic) bond motifs is 2. The van der Waals surface area contributed by atoms with Gasteiger partial charge in [-0.1, -0.05) is 12.1 Å². The topological polar surface area (TPSA) is 92.5 Å². The highest BCUT2D eigenvalue weighted by atomic mass is 16.2. The van der Waals surface area contributed by atoms with Crippen LogP contribution in [0.3, 0.4) is 0 Å². The second kappa shape index (κ2) is 6.95. The first-order valence-corrected chi connectivity index (χ1v) is 9.97. The SMILES string of the molecule is CN1CC(C(=O)Nc2ccc(-c3cn4nc5c(nc4n3)CCCC5)cc2)CC1=O. The van der Waals surface area contributed by atoms with E-state index in [9.17, 15) is 9.59 Å². The summed E-state index contributed by atoms with van der Waals surface area (Å²) < 4.78 is 1.75. The average molecular weight is 390 g/mol. The first kappa shape index (κ1) is 17.8. The summed E-state index contributed by atoms with van der Waals surface area (Å²) in [7, 11) is 1.72. The van der Waals surface area contributed by atoms with E-state index in [1.54, 1.807) is 16.5 Å². The standard InChI is InChI=1S/C21H22N6O2/c1-26-11-14(10-19(26)28)20(29)22-15-8-6-13(7-9-15)18-12-27-21(24-18)23-16-4-2-3-5-17(16)25-27/h6-9,12,14H,2-5,10-11H2,1H3,(H,22,29). The van der Waals surface area contributed by atoms with Crippen LogP contribution in [0, 0.1) is 5.92 Å². The van der Waals surface area contributed by atoms with Crippen molar-refractivity contribution in [1.82, 2.24) is 24.5 Å². The van der Waals surface area contributed by atoms with E-state index in [0.29, 0.717) is 18.0 Å². The normalized spacial score (nSPS) is 18.9. The van der Waals surface area contributed by atoms with Gasteiger partial charge < -0.3 is 10.2 Å². The highest BCUT2D eigenvalue weighted by Gasteiger charge is 2.32. The van der Waals surface area contributed by atoms with Crippen LogP contribution in [0.5, 0.6) is 0 Å². The van der Waals surface area contributed by atoms with Crippen molar-refractivity contribution in [3.63, 3.8) is 0 Å². The van der Waals surface area contributed by atoms with Gasteiger partial charge in [0.25, 0.3) is 5.78 Å². The number of rotatable bonds is 3. The van der Waals surface area contributed by atoms with Gasteiger partial charge in [0, 0.05) is 31.3 Å². The summed E-state index contributed by atoms with van der Waals surface area (Å²) in [4.78, 5) is 34.9. The van der Waals surface area contributed by atoms with E-state index in [2.05, 4.69) is 20.4 Å². The van der Waals surface area contributed by atoms with Gasteiger partial charge in [0.2, 0.25) is 11.8 Å². The fourth-order valence-corrected chi connectivity index (χ4v) is 4.01. The fourth-order valence-electron chi connectivity index (χ4n) is 4.01. The summed E-state index contributed by atoms with van der Waals surface area (Å²) in [6, 6.07) is 7.54. The van der Waals surface area contributed by atoms with E-state index >= 15 is 0 Å². The Morgan fingerprint density at radius 1 is 1.10 bits per heavy atom. The Morgan fingerprint density at radius 3 is 2.59 bits per heavy atom. The van der Waals surface area contributed by atoms with Crippen LogP contribution < -0.4 is 5.32 Å². The van der Waals surface area contributed by atoms with Gasteiger partial charge in [0.15, 0.2) is 0 Å². The number of hydrogen-bond acceptors (Lipinski definition) is 5. The Bertz CT molecular complexity index is 1060. The van der Waals surface area contributed by atoms with Gasteiger partial charge >= 0.3 is 0 Å². The Balaban J connectivity index is 1.33. The minimum atomic E-state index is -0.297. The van der Waals surface area contributed by atoms with E-state index in [1.807, 2.05) is 30.5 Å². The van der Waals surface area contributed by atoms with Crippen LogP contribution in [0.15, 0.2) is 30.5 Å². The number of benzene rings is 1. The van der Waals surface area contributed by atoms with E-state index in [1.165, 1.54) is 0 Å². The number of imidazole rings is 1. The molecule has 5 rings (SSSR count). The summed E-state index contributed by atoms with van der Waals surface area (Å²) in [6.07, 6.45) is 6.42. The molecule has 29 heavy (non-hydrogen) atoms. The molecule has 8 heteroatoms. The third-order valence-corrected chi connectivity index (χ3v) is 5.70. The van der Waals surface area contributed by atoms with Crippen molar-refractivity contribution in [3.8, 4) is 11.3 Å². The lowest BCUT2D eigenvalue weighted by Crippen LogP contribution is -2.25. The lowest BCUT2D eigenvalue weighted by molar-refractivity contribution is -0.127. The molecule has 0 saturated carbocycles. The van der Waals surface area contributed by atoms with E-state index in [-0.39, 0.29) is 24.2 Å². The molecule has 1 aliphatic heterocycles. The maximum Gasteiger partial charge on any atom is 0.251 e. The molecule has 3 heterocycles. The third-order valence-electron chi connectivity index (χ3n) is 5.70. The number of hydrogen-bond donors (Lipinski definition) is 1. The Hall–Kier alpha value is -3.29. The molecule has 3 aromatic rings. The zero-order valence-electron chi connectivity index (χ0n) is 16.3. The maximum absolute atomic E-state index is 12.4. The van der Waals surface area contributed by atoms with Crippen LogP contribution in [-0.4, -0.2) is 49.9 Å². The number of nitrogens with zero attached hydrogens (tertiary/aromatic N) is 5. The lowest BCUT2D eigenvalue weighted by atomic mass is 10.0. The van der Waals surface area contributed by atoms with E-state index in [4.69, 9.17) is 0 Å². The van der Waals surface area contributed by atoms with Gasteiger partial charge in [-0.25, -0.2) is 14.5 Å². The highest BCUT2D eigenvalue weighted by molar-refractivity contribution is 5.97. The minimum absolute atomic E-state index is 0.0104. The first-order chi connectivity index (χ1) is 14.1. The van der Waals surface area contributed by atoms with Gasteiger partial charge in [0.1, 0.15) is 0 Å². The summed E-state index contributed by atoms with van der Waals surface area (Å²) >= 11 is 0. The zero-order valence-corrected chi connectivity index (χ0v) is 16.3. The molecule has 8 nitrogen and oxygen atoms in total. The monoisotopic (exact) mass is 390 g/mol. The van der Waals surface area contributed by atoms with Crippen molar-refractivity contribution >= 4 is 23.3 Å². The van der Waals surface area contributed by atoms with E-state index in [0.717, 1.165) is 48.3 Å². The molecule has 1 saturated heterocycles. The molecule has 0 bridgehead atoms. The van der Waals surface area contributed by atoms with E-state index < -0.39 is 0 Å². The van der Waals surface area contributed by atoms with Gasteiger partial charge in [-0.05, 0) is 37.8 Å². The molecule has 2 aliphatic rings. The van der Waals surface area contributed by atoms with Crippen LogP contribution in [0.1, 0.15) is 30.7 Å². The van der Waals surface area contributed by atoms with Crippen LogP contribution >= 0.6 is 0 Å². The third kappa shape index (κ3) is 3.35. The van der Waals surface area contributed by atoms with Gasteiger partial charge in [-0.15, -0.1) is 0 Å². The minimum Gasteiger partial charge on any atom is -0.345 e. The quantitative estimate of drug-likeness (QED) is 0.739. The summed E-state index contributed by atoms with van der Waals surface area (Å²) in [5.41, 5.74) is 4.57. The molecule has 0 radical (unpaired) electrons. The molecule has 1 aliphatic carbocycles. The molecule has 1 fully saturated rings. The summed E-state index contributed by atoms with van der Waals surface area (Å²) in [6.45, 7) is 0.466. The van der Waals surface area contributed by atoms with Crippen LogP contribution in [-0.2, 0) is 22.4 Å². The lowest BCUT2D eigenvalue weighted by Gasteiger charge is -2.12. The molecule has 148 valence electrons. The second-order valence-corrected chi connectivity index (χ2v) is 7.82. The van der Waals surface area contributed by atoms with Crippen molar-refractivity contribution in [3.05, 3.63) is 41.9 Å². The number of anilines is 1. The fraction of sp³-hybridized carbons (Fsp3) is 0.381. The number of nitrogens with one attached hydrogen (secondary N) is 1. The summed E-state index contributed by atoms with van der Waals surface area (Å²) in [5.74, 6) is 0.209. The number of aromatic nitrogens is 4. The Morgan fingerprint density at radius 2 is 1.86 bits per heavy atom. The van der Waals surface area contributed by atoms with Crippen molar-refractivity contribution < 1.29 is 9.59 Å². The molecule has 1 N–H and O–H groups in total. The van der Waals surface area contributed by atoms with Crippen LogP contribution in [0.2, 0.25) is 0 Å². The Labute approximate surface area is 168 Å². The zero-order chi connectivity index (χ0) is 20.0. The number of aryl methyl sites for hydroxylation is 2. The smallest absolute Gasteiger partial charge is 0.251 e. The number of amides is 2. The number of likely N-dealkylation sites (tertiary alicyclic amines) is 1. The predicted molar refractivity (Wildman–Crippen MR) is 107 cm³/mol. The largest absolute Gasteiger partial charge is 0.345 e. The van der Waals surface area contributed by atoms with Crippen LogP contribution in [0.25, 0.3) is 17.0 Å². The molecule has 1 unspecified atom stereocenters. The second-order valence-electron chi connectivity index (χ2n) is 7.82. The number of carbonyl (C=O) groups is 2. The van der Waals surface area contributed by atoms with Crippen molar-refractivity contribution in [1.29, 1.82) is 0 Å². The molecular formula is C21H22N6O2. The average Bonchev–Trinajstić information content (AvgIpc) is 3.29. The molecule has 1 aromatic carbocycles. The maximum atomic E-state index is 12.4. The first-order valence-electron chi connectivity index (χ1n) is 9.97. The van der Waals surface area contributed by atoms with Gasteiger partial charge in [-0.2, -0.15) is 5.10 Å². The van der Waals surface area contributed by atoms with Gasteiger partial charge in [-0.3, -0.25) is 9.59 Å². The predicted octanol–water partition coefficient (Wildman–Crippen LogP) is 2.09. The molecule has 0 spiro atoms.